The highest BCUT2D eigenvalue weighted by Crippen LogP contribution is 2.38. The maximum absolute atomic E-state index is 12.1. The summed E-state index contributed by atoms with van der Waals surface area (Å²) in [6.07, 6.45) is 10.9. The number of hydrogen-bond donors (Lipinski definition) is 7. The molecule has 0 bridgehead atoms. The van der Waals surface area contributed by atoms with Crippen LogP contribution in [0.4, 0.5) is 0 Å². The van der Waals surface area contributed by atoms with Gasteiger partial charge in [-0.05, 0) is 6.42 Å². The van der Waals surface area contributed by atoms with E-state index >= 15 is 0 Å². The van der Waals surface area contributed by atoms with E-state index in [1.54, 1.807) is 0 Å². The molecule has 2 atom stereocenters. The van der Waals surface area contributed by atoms with E-state index in [2.05, 4.69) is 40.0 Å². The molecule has 224 valence electrons. The van der Waals surface area contributed by atoms with E-state index in [0.29, 0.717) is 6.42 Å². The molecule has 0 aliphatic rings. The molecule has 0 aromatic carbocycles. The molecule has 3 amide bonds. The number of rotatable bonds is 23. The van der Waals surface area contributed by atoms with Crippen molar-refractivity contribution in [1.82, 2.24) is 16.0 Å². The lowest BCUT2D eigenvalue weighted by Crippen LogP contribution is -2.46. The molecule has 0 radical (unpaired) electrons. The van der Waals surface area contributed by atoms with Gasteiger partial charge in [-0.1, -0.05) is 78.6 Å². The summed E-state index contributed by atoms with van der Waals surface area (Å²) in [5.41, 5.74) is -1.26. The van der Waals surface area contributed by atoms with Crippen molar-refractivity contribution in [3.05, 3.63) is 0 Å². The number of unbranched alkanes of at least 4 members (excludes halogenated alkanes) is 8. The van der Waals surface area contributed by atoms with Gasteiger partial charge in [0.1, 0.15) is 6.10 Å². The van der Waals surface area contributed by atoms with Crippen LogP contribution in [-0.4, -0.2) is 70.2 Å². The van der Waals surface area contributed by atoms with Crippen molar-refractivity contribution in [1.29, 1.82) is 0 Å². The van der Waals surface area contributed by atoms with Gasteiger partial charge in [-0.2, -0.15) is 12.6 Å². The largest absolute Gasteiger partial charge is 0.469 e. The number of phosphoric ester groups is 1. The molecular formula is C25H50N3O8PS. The summed E-state index contributed by atoms with van der Waals surface area (Å²) in [6.45, 7) is 5.00. The maximum atomic E-state index is 12.1. The van der Waals surface area contributed by atoms with Crippen LogP contribution in [0.2, 0.25) is 0 Å². The molecule has 0 saturated heterocycles. The van der Waals surface area contributed by atoms with Crippen molar-refractivity contribution in [2.24, 2.45) is 5.41 Å². The monoisotopic (exact) mass is 583 g/mol. The zero-order valence-electron chi connectivity index (χ0n) is 23.2. The number of amides is 3. The molecule has 0 aliphatic heterocycles. The number of aliphatic hydroxyl groups excluding tert-OH is 1. The van der Waals surface area contributed by atoms with Gasteiger partial charge >= 0.3 is 7.82 Å². The van der Waals surface area contributed by atoms with Crippen molar-refractivity contribution in [2.75, 3.05) is 26.2 Å². The Morgan fingerprint density at radius 3 is 1.95 bits per heavy atom. The third-order valence-electron chi connectivity index (χ3n) is 6.08. The molecule has 13 heteroatoms. The molecule has 6 N–H and O–H groups in total. The molecule has 0 aromatic heterocycles. The zero-order valence-corrected chi connectivity index (χ0v) is 25.0. The molecule has 0 saturated carbocycles. The van der Waals surface area contributed by atoms with Crippen molar-refractivity contribution < 1.29 is 38.4 Å². The normalized spacial score (nSPS) is 13.6. The smallest absolute Gasteiger partial charge is 0.383 e. The van der Waals surface area contributed by atoms with Gasteiger partial charge in [0.2, 0.25) is 17.7 Å². The third-order valence-corrected chi connectivity index (χ3v) is 6.98. The SMILES string of the molecule is CCCCCCCCCCC[C@@H](S)CC(=O)NCCNC(=O)CCNC(=O)[C@H](O)C(C)(C)COP(=O)(O)O. The lowest BCUT2D eigenvalue weighted by molar-refractivity contribution is -0.137. The molecule has 0 spiro atoms. The number of thiol groups is 1. The Hall–Kier alpha value is -1.17. The summed E-state index contributed by atoms with van der Waals surface area (Å²) < 4.78 is 15.2. The molecule has 0 fully saturated rings. The van der Waals surface area contributed by atoms with Gasteiger partial charge in [0.25, 0.3) is 0 Å². The van der Waals surface area contributed by atoms with Crippen LogP contribution in [0.25, 0.3) is 0 Å². The fourth-order valence-corrected chi connectivity index (χ4v) is 4.50. The second-order valence-electron chi connectivity index (χ2n) is 10.4. The average Bonchev–Trinajstić information content (AvgIpc) is 2.83. The van der Waals surface area contributed by atoms with Crippen LogP contribution < -0.4 is 16.0 Å². The number of phosphoric acid groups is 1. The Morgan fingerprint density at radius 1 is 0.868 bits per heavy atom. The zero-order chi connectivity index (χ0) is 29.0. The minimum Gasteiger partial charge on any atom is -0.383 e. The Kier molecular flexibility index (Phi) is 20.1. The van der Waals surface area contributed by atoms with Crippen LogP contribution in [0, 0.1) is 5.41 Å². The minimum atomic E-state index is -4.73. The van der Waals surface area contributed by atoms with Crippen molar-refractivity contribution in [2.45, 2.75) is 109 Å². The molecule has 0 unspecified atom stereocenters. The van der Waals surface area contributed by atoms with Crippen molar-refractivity contribution >= 4 is 38.2 Å². The Bertz CT molecular complexity index is 735. The van der Waals surface area contributed by atoms with E-state index in [0.717, 1.165) is 12.8 Å². The molecule has 38 heavy (non-hydrogen) atoms. The Balaban J connectivity index is 3.87. The van der Waals surface area contributed by atoms with E-state index in [1.165, 1.54) is 65.2 Å². The van der Waals surface area contributed by atoms with Crippen LogP contribution >= 0.6 is 20.5 Å². The van der Waals surface area contributed by atoms with Gasteiger partial charge in [-0.15, -0.1) is 0 Å². The lowest BCUT2D eigenvalue weighted by Gasteiger charge is -2.29. The van der Waals surface area contributed by atoms with Crippen LogP contribution in [0.15, 0.2) is 0 Å². The fraction of sp³-hybridized carbons (Fsp3) is 0.880. The second kappa shape index (κ2) is 20.7. The van der Waals surface area contributed by atoms with Gasteiger partial charge in [0, 0.05) is 43.1 Å². The maximum Gasteiger partial charge on any atom is 0.469 e. The molecule has 11 nitrogen and oxygen atoms in total. The van der Waals surface area contributed by atoms with Gasteiger partial charge in [0.15, 0.2) is 0 Å². The highest BCUT2D eigenvalue weighted by molar-refractivity contribution is 7.81. The topological polar surface area (TPSA) is 174 Å². The number of nitrogens with one attached hydrogen (secondary N) is 3. The second-order valence-corrected chi connectivity index (χ2v) is 12.3. The standard InChI is InChI=1S/C25H50N3O8PS/c1-4-5-6-7-8-9-10-11-12-13-20(38)18-22(30)27-17-16-26-21(29)14-15-28-24(32)23(31)25(2,3)19-36-37(33,34)35/h20,23,31,38H,4-19H2,1-3H3,(H,26,29)(H,27,30)(H,28,32)(H2,33,34,35)/t20-,23+/m1/s1. The highest BCUT2D eigenvalue weighted by atomic mass is 32.1. The molecule has 0 aliphatic carbocycles. The lowest BCUT2D eigenvalue weighted by atomic mass is 9.87. The Morgan fingerprint density at radius 2 is 1.39 bits per heavy atom. The van der Waals surface area contributed by atoms with Crippen molar-refractivity contribution in [3.63, 3.8) is 0 Å². The van der Waals surface area contributed by atoms with E-state index in [1.807, 2.05) is 0 Å². The molecule has 0 rings (SSSR count). The van der Waals surface area contributed by atoms with Crippen LogP contribution in [0.3, 0.4) is 0 Å². The van der Waals surface area contributed by atoms with Gasteiger partial charge in [-0.3, -0.25) is 18.9 Å². The summed E-state index contributed by atoms with van der Waals surface area (Å²) in [5.74, 6) is -1.23. The van der Waals surface area contributed by atoms with Crippen LogP contribution in [0.1, 0.15) is 97.8 Å². The van der Waals surface area contributed by atoms with E-state index in [4.69, 9.17) is 9.79 Å². The van der Waals surface area contributed by atoms with Crippen LogP contribution in [0.5, 0.6) is 0 Å². The first-order valence-electron chi connectivity index (χ1n) is 13.7. The summed E-state index contributed by atoms with van der Waals surface area (Å²) in [7, 11) is -4.73. The average molecular weight is 584 g/mol. The van der Waals surface area contributed by atoms with Gasteiger partial charge in [0.05, 0.1) is 6.61 Å². The molecule has 0 aromatic rings. The first-order chi connectivity index (χ1) is 17.8. The highest BCUT2D eigenvalue weighted by Gasteiger charge is 2.35. The first-order valence-corrected chi connectivity index (χ1v) is 15.7. The summed E-state index contributed by atoms with van der Waals surface area (Å²) in [4.78, 5) is 53.6. The quantitative estimate of drug-likeness (QED) is 0.0546. The third kappa shape index (κ3) is 20.7. The van der Waals surface area contributed by atoms with E-state index in [-0.39, 0.29) is 43.1 Å². The Labute approximate surface area is 233 Å². The number of carbonyl (C=O) groups excluding carboxylic acids is 3. The molecular weight excluding hydrogens is 533 g/mol. The van der Waals surface area contributed by atoms with E-state index < -0.39 is 31.9 Å². The van der Waals surface area contributed by atoms with Crippen molar-refractivity contribution in [3.8, 4) is 0 Å². The van der Waals surface area contributed by atoms with Gasteiger partial charge < -0.3 is 30.8 Å². The summed E-state index contributed by atoms with van der Waals surface area (Å²) in [5, 5.41) is 17.9. The van der Waals surface area contributed by atoms with E-state index in [9.17, 15) is 24.1 Å². The number of aliphatic hydroxyl groups is 1. The predicted molar refractivity (Wildman–Crippen MR) is 151 cm³/mol. The van der Waals surface area contributed by atoms with Crippen LogP contribution in [-0.2, 0) is 23.5 Å². The predicted octanol–water partition coefficient (Wildman–Crippen LogP) is 2.83. The number of carbonyl (C=O) groups is 3. The van der Waals surface area contributed by atoms with Gasteiger partial charge in [-0.25, -0.2) is 4.57 Å². The molecule has 0 heterocycles. The fourth-order valence-electron chi connectivity index (χ4n) is 3.65. The first kappa shape index (κ1) is 36.8. The number of hydrogen-bond acceptors (Lipinski definition) is 7. The minimum absolute atomic E-state index is 0.0152. The summed E-state index contributed by atoms with van der Waals surface area (Å²) in [6, 6.07) is 0. The summed E-state index contributed by atoms with van der Waals surface area (Å²) >= 11 is 4.52.